The minimum absolute atomic E-state index is 0.146. The van der Waals surface area contributed by atoms with Crippen LogP contribution in [0.3, 0.4) is 0 Å². The number of aromatic nitrogens is 1. The van der Waals surface area contributed by atoms with Gasteiger partial charge in [0, 0.05) is 19.7 Å². The largest absolute Gasteiger partial charge is 0.383 e. The first-order chi connectivity index (χ1) is 13.6. The number of nitrogens with one attached hydrogen (secondary N) is 1. The summed E-state index contributed by atoms with van der Waals surface area (Å²) in [5.41, 5.74) is 1.05. The highest BCUT2D eigenvalue weighted by Gasteiger charge is 2.28. The average molecular weight is 420 g/mol. The van der Waals surface area contributed by atoms with E-state index in [2.05, 4.69) is 42.3 Å². The van der Waals surface area contributed by atoms with Gasteiger partial charge in [0.15, 0.2) is 5.13 Å². The standard InChI is InChI=1S/C22H33N3OS2/c1-16(2)15-19(21(27)23-17-9-5-4-6-10-17)25(13-14-26-3)22-24-18-11-7-8-12-20(18)28-22/h7-8,11-12,16-17,19H,4-6,9-10,13-15H2,1-3H3,(H,23,27). The number of benzene rings is 1. The number of hydrogen-bond donors (Lipinski definition) is 1. The molecule has 1 heterocycles. The van der Waals surface area contributed by atoms with Crippen molar-refractivity contribution < 1.29 is 4.74 Å². The van der Waals surface area contributed by atoms with Crippen LogP contribution in [0.25, 0.3) is 10.2 Å². The lowest BCUT2D eigenvalue weighted by atomic mass is 9.94. The van der Waals surface area contributed by atoms with Crippen molar-refractivity contribution in [2.45, 2.75) is 64.5 Å². The number of anilines is 1. The van der Waals surface area contributed by atoms with Gasteiger partial charge in [-0.2, -0.15) is 0 Å². The second kappa shape index (κ2) is 10.5. The zero-order valence-corrected chi connectivity index (χ0v) is 19.0. The summed E-state index contributed by atoms with van der Waals surface area (Å²) in [7, 11) is 1.76. The highest BCUT2D eigenvalue weighted by Crippen LogP contribution is 2.31. The fourth-order valence-electron chi connectivity index (χ4n) is 3.92. The van der Waals surface area contributed by atoms with Gasteiger partial charge in [-0.1, -0.05) is 68.8 Å². The maximum absolute atomic E-state index is 5.97. The predicted octanol–water partition coefficient (Wildman–Crippen LogP) is 5.41. The Kier molecular flexibility index (Phi) is 8.06. The van der Waals surface area contributed by atoms with Gasteiger partial charge in [0.05, 0.1) is 27.9 Å². The molecule has 6 heteroatoms. The van der Waals surface area contributed by atoms with Crippen LogP contribution in [0.5, 0.6) is 0 Å². The smallest absolute Gasteiger partial charge is 0.187 e. The van der Waals surface area contributed by atoms with Crippen molar-refractivity contribution in [1.29, 1.82) is 0 Å². The van der Waals surface area contributed by atoms with Gasteiger partial charge in [-0.25, -0.2) is 4.98 Å². The molecule has 1 atom stereocenters. The van der Waals surface area contributed by atoms with E-state index in [0.29, 0.717) is 18.6 Å². The molecule has 1 N–H and O–H groups in total. The summed E-state index contributed by atoms with van der Waals surface area (Å²) in [5, 5.41) is 4.75. The molecule has 2 aromatic rings. The van der Waals surface area contributed by atoms with Gasteiger partial charge in [-0.3, -0.25) is 0 Å². The highest BCUT2D eigenvalue weighted by atomic mass is 32.1. The lowest BCUT2D eigenvalue weighted by Gasteiger charge is -2.35. The molecular weight excluding hydrogens is 386 g/mol. The van der Waals surface area contributed by atoms with Crippen molar-refractivity contribution in [3.05, 3.63) is 24.3 Å². The van der Waals surface area contributed by atoms with E-state index in [0.717, 1.165) is 28.6 Å². The van der Waals surface area contributed by atoms with E-state index >= 15 is 0 Å². The molecule has 1 aliphatic carbocycles. The van der Waals surface area contributed by atoms with E-state index in [1.165, 1.54) is 36.8 Å². The predicted molar refractivity (Wildman–Crippen MR) is 125 cm³/mol. The van der Waals surface area contributed by atoms with E-state index in [-0.39, 0.29) is 6.04 Å². The lowest BCUT2D eigenvalue weighted by molar-refractivity contribution is 0.203. The maximum atomic E-state index is 5.97. The number of fused-ring (bicyclic) bond motifs is 1. The van der Waals surface area contributed by atoms with Crippen LogP contribution in [0.1, 0.15) is 52.4 Å². The van der Waals surface area contributed by atoms with Crippen LogP contribution < -0.4 is 10.2 Å². The van der Waals surface area contributed by atoms with Crippen LogP contribution in [0.15, 0.2) is 24.3 Å². The van der Waals surface area contributed by atoms with Gasteiger partial charge in [0.25, 0.3) is 0 Å². The average Bonchev–Trinajstić information content (AvgIpc) is 3.11. The van der Waals surface area contributed by atoms with Crippen LogP contribution in [-0.2, 0) is 4.74 Å². The molecule has 0 spiro atoms. The number of methoxy groups -OCH3 is 1. The summed E-state index contributed by atoms with van der Waals surface area (Å²) in [5.74, 6) is 0.551. The van der Waals surface area contributed by atoms with Crippen molar-refractivity contribution in [3.8, 4) is 0 Å². The second-order valence-corrected chi connectivity index (χ2v) is 9.59. The van der Waals surface area contributed by atoms with Crippen molar-refractivity contribution in [2.75, 3.05) is 25.2 Å². The van der Waals surface area contributed by atoms with E-state index in [4.69, 9.17) is 21.9 Å². The fourth-order valence-corrected chi connectivity index (χ4v) is 5.36. The SMILES string of the molecule is COCCN(c1nc2ccccc2s1)C(CC(C)C)C(=S)NC1CCCCC1. The van der Waals surface area contributed by atoms with Crippen molar-refractivity contribution in [3.63, 3.8) is 0 Å². The topological polar surface area (TPSA) is 37.4 Å². The molecule has 1 aromatic heterocycles. The van der Waals surface area contributed by atoms with Crippen molar-refractivity contribution >= 4 is 43.9 Å². The third-order valence-corrected chi connectivity index (χ3v) is 6.85. The Hall–Kier alpha value is -1.24. The second-order valence-electron chi connectivity index (χ2n) is 8.14. The van der Waals surface area contributed by atoms with Crippen LogP contribution >= 0.6 is 23.6 Å². The van der Waals surface area contributed by atoms with Gasteiger partial charge >= 0.3 is 0 Å². The molecular formula is C22H33N3OS2. The Labute approximate surface area is 178 Å². The molecule has 1 fully saturated rings. The molecule has 1 unspecified atom stereocenters. The molecule has 154 valence electrons. The molecule has 0 amide bonds. The van der Waals surface area contributed by atoms with Gasteiger partial charge in [0.1, 0.15) is 0 Å². The molecule has 3 rings (SSSR count). The zero-order chi connectivity index (χ0) is 19.9. The first-order valence-corrected chi connectivity index (χ1v) is 11.7. The molecule has 1 saturated carbocycles. The van der Waals surface area contributed by atoms with Gasteiger partial charge in [-0.15, -0.1) is 0 Å². The molecule has 0 aliphatic heterocycles. The Morgan fingerprint density at radius 1 is 1.29 bits per heavy atom. The third kappa shape index (κ3) is 5.65. The fraction of sp³-hybridized carbons (Fsp3) is 0.636. The Balaban J connectivity index is 1.85. The van der Waals surface area contributed by atoms with E-state index < -0.39 is 0 Å². The Morgan fingerprint density at radius 2 is 2.04 bits per heavy atom. The summed E-state index contributed by atoms with van der Waals surface area (Å²) < 4.78 is 6.64. The lowest BCUT2D eigenvalue weighted by Crippen LogP contribution is -2.50. The number of thiazole rings is 1. The maximum Gasteiger partial charge on any atom is 0.187 e. The zero-order valence-electron chi connectivity index (χ0n) is 17.3. The van der Waals surface area contributed by atoms with Crippen LogP contribution in [0, 0.1) is 5.92 Å². The van der Waals surface area contributed by atoms with Crippen LogP contribution in [0.2, 0.25) is 0 Å². The molecule has 0 saturated heterocycles. The van der Waals surface area contributed by atoms with E-state index in [9.17, 15) is 0 Å². The van der Waals surface area contributed by atoms with Crippen LogP contribution in [0.4, 0.5) is 5.13 Å². The van der Waals surface area contributed by atoms with Gasteiger partial charge in [0.2, 0.25) is 0 Å². The minimum Gasteiger partial charge on any atom is -0.383 e. The van der Waals surface area contributed by atoms with Crippen LogP contribution in [-0.4, -0.2) is 42.3 Å². The number of para-hydroxylation sites is 1. The van der Waals surface area contributed by atoms with Crippen molar-refractivity contribution in [2.24, 2.45) is 5.92 Å². The third-order valence-electron chi connectivity index (χ3n) is 5.39. The summed E-state index contributed by atoms with van der Waals surface area (Å²) in [6.45, 7) is 5.99. The number of thiocarbonyl (C=S) groups is 1. The summed E-state index contributed by atoms with van der Waals surface area (Å²) in [6, 6.07) is 9.01. The van der Waals surface area contributed by atoms with E-state index in [1.807, 2.05) is 6.07 Å². The Bertz CT molecular complexity index is 722. The first-order valence-electron chi connectivity index (χ1n) is 10.5. The summed E-state index contributed by atoms with van der Waals surface area (Å²) in [6.07, 6.45) is 7.44. The van der Waals surface area contributed by atoms with Gasteiger partial charge < -0.3 is 15.0 Å². The monoisotopic (exact) mass is 419 g/mol. The molecule has 0 radical (unpaired) electrons. The Morgan fingerprint density at radius 3 is 2.71 bits per heavy atom. The minimum atomic E-state index is 0.146. The molecule has 1 aromatic carbocycles. The molecule has 4 nitrogen and oxygen atoms in total. The quantitative estimate of drug-likeness (QED) is 0.550. The highest BCUT2D eigenvalue weighted by molar-refractivity contribution is 7.80. The number of hydrogen-bond acceptors (Lipinski definition) is 5. The first kappa shape index (κ1) is 21.5. The number of nitrogens with zero attached hydrogens (tertiary/aromatic N) is 2. The molecule has 1 aliphatic rings. The number of rotatable bonds is 9. The molecule has 0 bridgehead atoms. The molecule has 28 heavy (non-hydrogen) atoms. The van der Waals surface area contributed by atoms with Gasteiger partial charge in [-0.05, 0) is 37.3 Å². The normalized spacial score (nSPS) is 16.4. The van der Waals surface area contributed by atoms with E-state index in [1.54, 1.807) is 18.4 Å². The van der Waals surface area contributed by atoms with Crippen molar-refractivity contribution in [1.82, 2.24) is 10.3 Å². The summed E-state index contributed by atoms with van der Waals surface area (Å²) >= 11 is 7.71. The summed E-state index contributed by atoms with van der Waals surface area (Å²) in [4.78, 5) is 8.26. The number of ether oxygens (including phenoxy) is 1.